The van der Waals surface area contributed by atoms with E-state index in [-0.39, 0.29) is 28.4 Å². The Balaban J connectivity index is 0.00000320. The molecule has 0 radical (unpaired) electrons. The van der Waals surface area contributed by atoms with Crippen LogP contribution in [0.15, 0.2) is 36.4 Å². The molecule has 0 bridgehead atoms. The van der Waals surface area contributed by atoms with Crippen molar-refractivity contribution in [2.24, 2.45) is 0 Å². The Kier molecular flexibility index (Phi) is 9.09. The van der Waals surface area contributed by atoms with Crippen LogP contribution < -0.4 is 17.0 Å². The molecule has 0 aliphatic carbocycles. The van der Waals surface area contributed by atoms with E-state index < -0.39 is 0 Å². The maximum Gasteiger partial charge on any atom is 0.305 e. The minimum atomic E-state index is -0.0850. The minimum Gasteiger partial charge on any atom is -1.00 e. The summed E-state index contributed by atoms with van der Waals surface area (Å²) in [5.41, 5.74) is 4.43. The van der Waals surface area contributed by atoms with Crippen LogP contribution in [0.5, 0.6) is 0 Å². The number of ether oxygens (including phenoxy) is 1. The molecule has 1 aliphatic rings. The topological polar surface area (TPSA) is 29.3 Å². The average molecular weight is 474 g/mol. The fraction of sp³-hybridized carbons (Fsp3) is 0.538. The largest absolute Gasteiger partial charge is 1.00 e. The van der Waals surface area contributed by atoms with E-state index in [1.54, 1.807) is 0 Å². The van der Waals surface area contributed by atoms with Gasteiger partial charge in [0, 0.05) is 31.4 Å². The van der Waals surface area contributed by atoms with Gasteiger partial charge in [-0.2, -0.15) is 4.58 Å². The van der Waals surface area contributed by atoms with Crippen molar-refractivity contribution in [1.29, 1.82) is 0 Å². The van der Waals surface area contributed by atoms with Gasteiger partial charge in [0.2, 0.25) is 5.69 Å². The summed E-state index contributed by atoms with van der Waals surface area (Å²) in [5, 5.41) is 2.73. The summed E-state index contributed by atoms with van der Waals surface area (Å²) in [5.74, 6) is -0.0850. The molecule has 0 spiro atoms. The molecule has 0 aromatic heterocycles. The van der Waals surface area contributed by atoms with Gasteiger partial charge in [-0.3, -0.25) is 4.79 Å². The monoisotopic (exact) mass is 473 g/mol. The lowest BCUT2D eigenvalue weighted by molar-refractivity contribution is -0.439. The number of hydrogen-bond acceptors (Lipinski definition) is 2. The molecule has 2 aromatic rings. The van der Waals surface area contributed by atoms with Crippen molar-refractivity contribution in [1.82, 2.24) is 0 Å². The summed E-state index contributed by atoms with van der Waals surface area (Å²) in [7, 11) is 1.46. The lowest BCUT2D eigenvalue weighted by atomic mass is 9.80. The second kappa shape index (κ2) is 11.1. The maximum absolute atomic E-state index is 11.1. The summed E-state index contributed by atoms with van der Waals surface area (Å²) in [4.78, 5) is 11.1. The predicted molar refractivity (Wildman–Crippen MR) is 121 cm³/mol. The van der Waals surface area contributed by atoms with Gasteiger partial charge in [0.25, 0.3) is 0 Å². The Bertz CT molecular complexity index is 901. The summed E-state index contributed by atoms with van der Waals surface area (Å²) in [6.07, 6.45) is 8.89. The molecule has 4 heteroatoms. The molecular formula is C26H36BrNO2. The first-order valence-electron chi connectivity index (χ1n) is 11.2. The molecule has 30 heavy (non-hydrogen) atoms. The number of hydrogen-bond donors (Lipinski definition) is 0. The summed E-state index contributed by atoms with van der Waals surface area (Å²) in [6.45, 7) is 8.13. The third-order valence-electron chi connectivity index (χ3n) is 6.62. The van der Waals surface area contributed by atoms with Gasteiger partial charge in [-0.15, -0.1) is 0 Å². The van der Waals surface area contributed by atoms with E-state index in [0.29, 0.717) is 6.42 Å². The summed E-state index contributed by atoms with van der Waals surface area (Å²) < 4.78 is 7.24. The lowest BCUT2D eigenvalue weighted by Gasteiger charge is -2.17. The number of rotatable bonds is 10. The Morgan fingerprint density at radius 3 is 2.27 bits per heavy atom. The van der Waals surface area contributed by atoms with Crippen molar-refractivity contribution in [3.05, 3.63) is 42.0 Å². The molecule has 0 amide bonds. The van der Waals surface area contributed by atoms with Crippen LogP contribution in [0, 0.1) is 0 Å². The standard InChI is InChI=1S/C26H36NO2.BrH/c1-20-26(2,3)25-22-15-12-11-14-21(22)17-18-23(25)27(20)19-13-9-7-5-6-8-10-16-24(28)29-4;/h11-12,14-15,17-18H,5-10,13,16,19H2,1-4H3;1H/q+1;/p-1. The first kappa shape index (κ1) is 24.6. The minimum absolute atomic E-state index is 0. The van der Waals surface area contributed by atoms with Crippen molar-refractivity contribution in [2.45, 2.75) is 77.6 Å². The zero-order valence-electron chi connectivity index (χ0n) is 19.0. The second-order valence-electron chi connectivity index (χ2n) is 8.84. The van der Waals surface area contributed by atoms with Crippen LogP contribution in [-0.2, 0) is 14.9 Å². The highest BCUT2D eigenvalue weighted by atomic mass is 79.9. The van der Waals surface area contributed by atoms with Crippen molar-refractivity contribution in [2.75, 3.05) is 13.7 Å². The van der Waals surface area contributed by atoms with Gasteiger partial charge in [0.05, 0.1) is 12.5 Å². The number of esters is 1. The molecule has 0 N–H and O–H groups in total. The van der Waals surface area contributed by atoms with Crippen LogP contribution in [0.3, 0.4) is 0 Å². The molecule has 0 atom stereocenters. The molecule has 1 heterocycles. The fourth-order valence-electron chi connectivity index (χ4n) is 4.65. The summed E-state index contributed by atoms with van der Waals surface area (Å²) in [6, 6.07) is 13.4. The Morgan fingerprint density at radius 1 is 0.933 bits per heavy atom. The first-order valence-corrected chi connectivity index (χ1v) is 11.2. The zero-order chi connectivity index (χ0) is 20.9. The average Bonchev–Trinajstić information content (AvgIpc) is 2.92. The number of carbonyl (C=O) groups is 1. The number of fused-ring (bicyclic) bond motifs is 3. The van der Waals surface area contributed by atoms with Crippen LogP contribution >= 0.6 is 0 Å². The van der Waals surface area contributed by atoms with E-state index in [4.69, 9.17) is 0 Å². The van der Waals surface area contributed by atoms with Crippen LogP contribution in [-0.4, -0.2) is 29.9 Å². The maximum atomic E-state index is 11.1. The SMILES string of the molecule is COC(=O)CCCCCCCCC[N+]1=C(C)C(C)(C)c2c1ccc1ccccc21.[Br-]. The molecule has 164 valence electrons. The second-order valence-corrected chi connectivity index (χ2v) is 8.84. The van der Waals surface area contributed by atoms with Gasteiger partial charge in [0.15, 0.2) is 5.71 Å². The zero-order valence-corrected chi connectivity index (χ0v) is 20.6. The van der Waals surface area contributed by atoms with Crippen molar-refractivity contribution >= 4 is 28.1 Å². The number of methoxy groups -OCH3 is 1. The lowest BCUT2D eigenvalue weighted by Crippen LogP contribution is -3.00. The molecule has 0 saturated carbocycles. The number of carbonyl (C=O) groups excluding carboxylic acids is 1. The van der Waals surface area contributed by atoms with Crippen LogP contribution in [0.2, 0.25) is 0 Å². The van der Waals surface area contributed by atoms with E-state index in [9.17, 15) is 4.79 Å². The molecule has 0 fully saturated rings. The van der Waals surface area contributed by atoms with E-state index in [1.165, 1.54) is 66.9 Å². The normalized spacial score (nSPS) is 14.5. The van der Waals surface area contributed by atoms with Crippen molar-refractivity contribution < 1.29 is 31.1 Å². The Labute approximate surface area is 192 Å². The molecule has 3 nitrogen and oxygen atoms in total. The summed E-state index contributed by atoms with van der Waals surface area (Å²) >= 11 is 0. The van der Waals surface area contributed by atoms with Gasteiger partial charge >= 0.3 is 5.97 Å². The van der Waals surface area contributed by atoms with Gasteiger partial charge in [0.1, 0.15) is 6.54 Å². The van der Waals surface area contributed by atoms with E-state index in [0.717, 1.165) is 19.4 Å². The van der Waals surface area contributed by atoms with Crippen LogP contribution in [0.1, 0.15) is 77.7 Å². The van der Waals surface area contributed by atoms with Gasteiger partial charge in [-0.05, 0) is 43.5 Å². The van der Waals surface area contributed by atoms with Crippen molar-refractivity contribution in [3.8, 4) is 0 Å². The molecule has 2 aromatic carbocycles. The Morgan fingerprint density at radius 2 is 1.57 bits per heavy atom. The van der Waals surface area contributed by atoms with Crippen LogP contribution in [0.25, 0.3) is 10.8 Å². The van der Waals surface area contributed by atoms with E-state index >= 15 is 0 Å². The van der Waals surface area contributed by atoms with E-state index in [1.807, 2.05) is 0 Å². The van der Waals surface area contributed by atoms with Gasteiger partial charge < -0.3 is 21.7 Å². The highest BCUT2D eigenvalue weighted by Crippen LogP contribution is 2.43. The number of halogens is 1. The van der Waals surface area contributed by atoms with Crippen molar-refractivity contribution in [3.63, 3.8) is 0 Å². The number of nitrogens with zero attached hydrogens (tertiary/aromatic N) is 1. The highest BCUT2D eigenvalue weighted by Gasteiger charge is 2.43. The molecule has 3 rings (SSSR count). The highest BCUT2D eigenvalue weighted by molar-refractivity contribution is 6.01. The Hall–Kier alpha value is -1.68. The smallest absolute Gasteiger partial charge is 0.305 e. The quantitative estimate of drug-likeness (QED) is 0.300. The molecule has 0 unspecified atom stereocenters. The molecule has 1 aliphatic heterocycles. The van der Waals surface area contributed by atoms with Crippen LogP contribution in [0.4, 0.5) is 5.69 Å². The first-order chi connectivity index (χ1) is 14.0. The third-order valence-corrected chi connectivity index (χ3v) is 6.62. The molecular weight excluding hydrogens is 438 g/mol. The van der Waals surface area contributed by atoms with E-state index in [2.05, 4.69) is 66.5 Å². The predicted octanol–water partition coefficient (Wildman–Crippen LogP) is 3.53. The number of benzene rings is 2. The van der Waals surface area contributed by atoms with Gasteiger partial charge in [-0.1, -0.05) is 49.9 Å². The third kappa shape index (κ3) is 5.32. The fourth-order valence-corrected chi connectivity index (χ4v) is 4.65. The van der Waals surface area contributed by atoms with Gasteiger partial charge in [-0.25, -0.2) is 0 Å². The molecule has 0 saturated heterocycles. The number of unbranched alkanes of at least 4 members (excludes halogenated alkanes) is 6.